The number of rotatable bonds is 1. The molecule has 19 heavy (non-hydrogen) atoms. The molecule has 0 aromatic heterocycles. The molecular formula is C13H22F2N2O2. The van der Waals surface area contributed by atoms with Gasteiger partial charge in [-0.2, -0.15) is 0 Å². The Balaban J connectivity index is 1.81. The van der Waals surface area contributed by atoms with E-state index in [0.29, 0.717) is 25.9 Å². The molecule has 2 heterocycles. The molecule has 0 radical (unpaired) electrons. The summed E-state index contributed by atoms with van der Waals surface area (Å²) in [6.07, 6.45) is 0.859. The van der Waals surface area contributed by atoms with Gasteiger partial charge in [0.2, 0.25) is 0 Å². The highest BCUT2D eigenvalue weighted by atomic mass is 19.3. The van der Waals surface area contributed by atoms with E-state index in [2.05, 4.69) is 5.32 Å². The maximum Gasteiger partial charge on any atom is 0.410 e. The van der Waals surface area contributed by atoms with E-state index < -0.39 is 17.6 Å². The number of nitrogens with one attached hydrogen (secondary N) is 1. The zero-order chi connectivity index (χ0) is 14.3. The molecule has 0 bridgehead atoms. The van der Waals surface area contributed by atoms with Crippen LogP contribution in [0.25, 0.3) is 0 Å². The van der Waals surface area contributed by atoms with E-state index in [0.717, 1.165) is 0 Å². The number of hydrogen-bond donors (Lipinski definition) is 1. The molecule has 1 N–H and O–H groups in total. The van der Waals surface area contributed by atoms with Gasteiger partial charge in [-0.15, -0.1) is 0 Å². The number of alkyl halides is 2. The Morgan fingerprint density at radius 3 is 2.26 bits per heavy atom. The van der Waals surface area contributed by atoms with Crippen LogP contribution in [0.5, 0.6) is 0 Å². The second-order valence-electron chi connectivity index (χ2n) is 6.42. The lowest BCUT2D eigenvalue weighted by Crippen LogP contribution is -2.66. The molecule has 0 aromatic rings. The topological polar surface area (TPSA) is 41.6 Å². The van der Waals surface area contributed by atoms with E-state index in [1.54, 1.807) is 4.90 Å². The molecule has 2 fully saturated rings. The standard InChI is InChI=1S/C13H22F2N2O2/c1-12(2,3)19-11(18)17-6-4-9(5-7-17)10-13(14,15)8-16-10/h9-10,16H,4-8H2,1-3H3. The molecule has 0 aromatic carbocycles. The van der Waals surface area contributed by atoms with E-state index in [-0.39, 0.29) is 18.6 Å². The number of carbonyl (C=O) groups excluding carboxylic acids is 1. The zero-order valence-corrected chi connectivity index (χ0v) is 11.7. The SMILES string of the molecule is CC(C)(C)OC(=O)N1CCC(C2NCC2(F)F)CC1. The highest BCUT2D eigenvalue weighted by molar-refractivity contribution is 5.68. The number of halogens is 2. The molecular weight excluding hydrogens is 254 g/mol. The number of likely N-dealkylation sites (tertiary alicyclic amines) is 1. The first kappa shape index (κ1) is 14.5. The van der Waals surface area contributed by atoms with E-state index in [4.69, 9.17) is 4.74 Å². The third kappa shape index (κ3) is 3.35. The molecule has 1 atom stereocenters. The number of amides is 1. The lowest BCUT2D eigenvalue weighted by molar-refractivity contribution is -0.121. The van der Waals surface area contributed by atoms with Gasteiger partial charge in [-0.05, 0) is 39.5 Å². The summed E-state index contributed by atoms with van der Waals surface area (Å²) in [6.45, 7) is 6.22. The highest BCUT2D eigenvalue weighted by Crippen LogP contribution is 2.35. The van der Waals surface area contributed by atoms with Crippen molar-refractivity contribution in [3.05, 3.63) is 0 Å². The third-order valence-electron chi connectivity index (χ3n) is 3.68. The Bertz CT molecular complexity index is 347. The Morgan fingerprint density at radius 1 is 1.32 bits per heavy atom. The summed E-state index contributed by atoms with van der Waals surface area (Å²) in [5.74, 6) is -2.64. The Labute approximate surface area is 112 Å². The quantitative estimate of drug-likeness (QED) is 0.798. The lowest BCUT2D eigenvalue weighted by Gasteiger charge is -2.45. The van der Waals surface area contributed by atoms with Crippen LogP contribution in [0.4, 0.5) is 13.6 Å². The lowest BCUT2D eigenvalue weighted by atomic mass is 9.82. The van der Waals surface area contributed by atoms with Crippen molar-refractivity contribution in [2.75, 3.05) is 19.6 Å². The first-order chi connectivity index (χ1) is 8.69. The molecule has 2 rings (SSSR count). The molecule has 6 heteroatoms. The van der Waals surface area contributed by atoms with Gasteiger partial charge in [0.1, 0.15) is 5.60 Å². The van der Waals surface area contributed by atoms with Crippen molar-refractivity contribution >= 4 is 6.09 Å². The summed E-state index contributed by atoms with van der Waals surface area (Å²) in [7, 11) is 0. The van der Waals surface area contributed by atoms with Crippen LogP contribution in [-0.2, 0) is 4.74 Å². The van der Waals surface area contributed by atoms with Crippen molar-refractivity contribution < 1.29 is 18.3 Å². The van der Waals surface area contributed by atoms with Crippen molar-refractivity contribution in [1.29, 1.82) is 0 Å². The van der Waals surface area contributed by atoms with Crippen LogP contribution in [0.2, 0.25) is 0 Å². The smallest absolute Gasteiger partial charge is 0.410 e. The number of hydrogen-bond acceptors (Lipinski definition) is 3. The van der Waals surface area contributed by atoms with Crippen molar-refractivity contribution in [3.63, 3.8) is 0 Å². The summed E-state index contributed by atoms with van der Waals surface area (Å²) in [6, 6.07) is -0.715. The molecule has 4 nitrogen and oxygen atoms in total. The van der Waals surface area contributed by atoms with Gasteiger partial charge in [-0.1, -0.05) is 0 Å². The van der Waals surface area contributed by atoms with Gasteiger partial charge in [0.05, 0.1) is 12.6 Å². The number of piperidine rings is 1. The van der Waals surface area contributed by atoms with Crippen LogP contribution in [0.3, 0.4) is 0 Å². The minimum absolute atomic E-state index is 0.0533. The predicted octanol–water partition coefficient (Wildman–Crippen LogP) is 2.24. The van der Waals surface area contributed by atoms with Crippen LogP contribution < -0.4 is 5.32 Å². The summed E-state index contributed by atoms with van der Waals surface area (Å²) >= 11 is 0. The van der Waals surface area contributed by atoms with E-state index in [1.165, 1.54) is 0 Å². The van der Waals surface area contributed by atoms with E-state index >= 15 is 0 Å². The fourth-order valence-electron chi connectivity index (χ4n) is 2.63. The van der Waals surface area contributed by atoms with E-state index in [9.17, 15) is 13.6 Å². The summed E-state index contributed by atoms with van der Waals surface area (Å²) in [5, 5.41) is 2.80. The molecule has 2 aliphatic heterocycles. The molecule has 2 aliphatic rings. The fourth-order valence-corrected chi connectivity index (χ4v) is 2.63. The van der Waals surface area contributed by atoms with Crippen molar-refractivity contribution in [3.8, 4) is 0 Å². The van der Waals surface area contributed by atoms with Gasteiger partial charge in [0.25, 0.3) is 5.92 Å². The average molecular weight is 276 g/mol. The molecule has 1 unspecified atom stereocenters. The Kier molecular flexibility index (Phi) is 3.73. The van der Waals surface area contributed by atoms with Gasteiger partial charge < -0.3 is 15.0 Å². The van der Waals surface area contributed by atoms with Gasteiger partial charge in [-0.3, -0.25) is 0 Å². The average Bonchev–Trinajstić information content (AvgIpc) is 2.26. The second kappa shape index (κ2) is 4.89. The maximum absolute atomic E-state index is 13.3. The number of carbonyl (C=O) groups is 1. The van der Waals surface area contributed by atoms with E-state index in [1.807, 2.05) is 20.8 Å². The van der Waals surface area contributed by atoms with Gasteiger partial charge in [0.15, 0.2) is 0 Å². The molecule has 2 saturated heterocycles. The monoisotopic (exact) mass is 276 g/mol. The van der Waals surface area contributed by atoms with Gasteiger partial charge in [0, 0.05) is 13.1 Å². The summed E-state index contributed by atoms with van der Waals surface area (Å²) < 4.78 is 31.9. The molecule has 1 amide bonds. The normalized spacial score (nSPS) is 27.8. The Morgan fingerprint density at radius 2 is 1.89 bits per heavy atom. The molecule has 0 spiro atoms. The van der Waals surface area contributed by atoms with Crippen LogP contribution in [0.1, 0.15) is 33.6 Å². The first-order valence-corrected chi connectivity index (χ1v) is 6.78. The number of nitrogens with zero attached hydrogens (tertiary/aromatic N) is 1. The summed E-state index contributed by atoms with van der Waals surface area (Å²) in [5.41, 5.74) is -0.517. The van der Waals surface area contributed by atoms with Crippen LogP contribution >= 0.6 is 0 Å². The Hall–Kier alpha value is -0.910. The van der Waals surface area contributed by atoms with Crippen molar-refractivity contribution in [2.45, 2.75) is 51.2 Å². The first-order valence-electron chi connectivity index (χ1n) is 6.78. The van der Waals surface area contributed by atoms with Crippen LogP contribution in [0.15, 0.2) is 0 Å². The highest BCUT2D eigenvalue weighted by Gasteiger charge is 2.52. The molecule has 110 valence electrons. The minimum atomic E-state index is -2.58. The van der Waals surface area contributed by atoms with Crippen LogP contribution in [-0.4, -0.2) is 48.2 Å². The maximum atomic E-state index is 13.3. The zero-order valence-electron chi connectivity index (χ0n) is 11.7. The fraction of sp³-hybridized carbons (Fsp3) is 0.923. The molecule has 0 saturated carbocycles. The van der Waals surface area contributed by atoms with Gasteiger partial charge in [-0.25, -0.2) is 13.6 Å². The predicted molar refractivity (Wildman–Crippen MR) is 67.3 cm³/mol. The van der Waals surface area contributed by atoms with Gasteiger partial charge >= 0.3 is 6.09 Å². The van der Waals surface area contributed by atoms with Crippen LogP contribution in [0, 0.1) is 5.92 Å². The second-order valence-corrected chi connectivity index (χ2v) is 6.42. The largest absolute Gasteiger partial charge is 0.444 e. The number of ether oxygens (including phenoxy) is 1. The third-order valence-corrected chi connectivity index (χ3v) is 3.68. The van der Waals surface area contributed by atoms with Crippen molar-refractivity contribution in [2.24, 2.45) is 5.92 Å². The molecule has 0 aliphatic carbocycles. The van der Waals surface area contributed by atoms with Crippen molar-refractivity contribution in [1.82, 2.24) is 10.2 Å². The minimum Gasteiger partial charge on any atom is -0.444 e. The summed E-state index contributed by atoms with van der Waals surface area (Å²) in [4.78, 5) is 13.5.